The van der Waals surface area contributed by atoms with Gasteiger partial charge in [0.2, 0.25) is 10.0 Å². The Morgan fingerprint density at radius 3 is 2.12 bits per heavy atom. The van der Waals surface area contributed by atoms with Gasteiger partial charge in [-0.3, -0.25) is 9.69 Å². The highest BCUT2D eigenvalue weighted by atomic mass is 32.2. The van der Waals surface area contributed by atoms with Crippen LogP contribution in [0.2, 0.25) is 0 Å². The minimum Gasteiger partial charge on any atom is -0.468 e. The van der Waals surface area contributed by atoms with Gasteiger partial charge in [-0.15, -0.1) is 0 Å². The van der Waals surface area contributed by atoms with Crippen LogP contribution in [0.25, 0.3) is 0 Å². The van der Waals surface area contributed by atoms with E-state index in [9.17, 15) is 18.0 Å². The predicted octanol–water partition coefficient (Wildman–Crippen LogP) is -0.370. The zero-order valence-corrected chi connectivity index (χ0v) is 15.7. The van der Waals surface area contributed by atoms with Crippen molar-refractivity contribution in [3.63, 3.8) is 0 Å². The zero-order valence-electron chi connectivity index (χ0n) is 14.9. The highest BCUT2D eigenvalue weighted by molar-refractivity contribution is 7.88. The van der Waals surface area contributed by atoms with Gasteiger partial charge < -0.3 is 14.8 Å². The number of carbonyl (C=O) groups is 2. The van der Waals surface area contributed by atoms with Crippen LogP contribution in [0, 0.1) is 0 Å². The van der Waals surface area contributed by atoms with Crippen molar-refractivity contribution in [2.45, 2.75) is 32.4 Å². The number of hydrogen-bond donors (Lipinski definition) is 1. The highest BCUT2D eigenvalue weighted by Crippen LogP contribution is 2.11. The lowest BCUT2D eigenvalue weighted by atomic mass is 10.2. The topological polar surface area (TPSA) is 105 Å². The molecular formula is C14H27N3O6S. The van der Waals surface area contributed by atoms with Crippen molar-refractivity contribution in [3.05, 3.63) is 0 Å². The fourth-order valence-electron chi connectivity index (χ4n) is 2.34. The Hall–Kier alpha value is -1.39. The molecule has 1 fully saturated rings. The second kappa shape index (κ2) is 8.13. The molecule has 0 aliphatic carbocycles. The van der Waals surface area contributed by atoms with E-state index in [1.165, 1.54) is 11.4 Å². The van der Waals surface area contributed by atoms with Gasteiger partial charge in [0, 0.05) is 32.7 Å². The minimum atomic E-state index is -3.25. The van der Waals surface area contributed by atoms with Gasteiger partial charge in [-0.05, 0) is 20.8 Å². The molecular weight excluding hydrogens is 338 g/mol. The molecule has 0 saturated carbocycles. The molecule has 1 N–H and O–H groups in total. The Morgan fingerprint density at radius 1 is 1.17 bits per heavy atom. The molecule has 0 spiro atoms. The van der Waals surface area contributed by atoms with Crippen LogP contribution in [-0.4, -0.2) is 87.4 Å². The standard InChI is InChI=1S/C14H27N3O6S/c1-14(2,3)23-13(19)15-10-11(12(18)22-4)16-6-8-17(9-7-16)24(5,20)21/h11H,6-10H2,1-5H3,(H,15,19)/t11-/m0/s1. The number of hydrogen-bond acceptors (Lipinski definition) is 7. The number of piperazine rings is 1. The first-order valence-corrected chi connectivity index (χ1v) is 9.52. The number of carbonyl (C=O) groups excluding carboxylic acids is 2. The van der Waals surface area contributed by atoms with Crippen LogP contribution < -0.4 is 5.32 Å². The smallest absolute Gasteiger partial charge is 0.407 e. The third-order valence-corrected chi connectivity index (χ3v) is 4.80. The van der Waals surface area contributed by atoms with Crippen LogP contribution in [0.3, 0.4) is 0 Å². The number of rotatable bonds is 5. The molecule has 140 valence electrons. The molecule has 0 aromatic rings. The fraction of sp³-hybridized carbons (Fsp3) is 0.857. The summed E-state index contributed by atoms with van der Waals surface area (Å²) >= 11 is 0. The van der Waals surface area contributed by atoms with Gasteiger partial charge in [0.1, 0.15) is 11.6 Å². The summed E-state index contributed by atoms with van der Waals surface area (Å²) < 4.78 is 34.4. The van der Waals surface area contributed by atoms with Crippen LogP contribution >= 0.6 is 0 Å². The maximum absolute atomic E-state index is 12.0. The monoisotopic (exact) mass is 365 g/mol. The summed E-state index contributed by atoms with van der Waals surface area (Å²) in [6.07, 6.45) is 0.538. The van der Waals surface area contributed by atoms with E-state index >= 15 is 0 Å². The van der Waals surface area contributed by atoms with E-state index in [2.05, 4.69) is 5.32 Å². The number of methoxy groups -OCH3 is 1. The van der Waals surface area contributed by atoms with Crippen LogP contribution in [0.15, 0.2) is 0 Å². The van der Waals surface area contributed by atoms with E-state index in [4.69, 9.17) is 9.47 Å². The number of ether oxygens (including phenoxy) is 2. The van der Waals surface area contributed by atoms with Crippen LogP contribution in [0.5, 0.6) is 0 Å². The summed E-state index contributed by atoms with van der Waals surface area (Å²) in [5, 5.41) is 2.56. The van der Waals surface area contributed by atoms with Gasteiger partial charge in [0.05, 0.1) is 13.4 Å². The van der Waals surface area contributed by atoms with E-state index < -0.39 is 33.7 Å². The van der Waals surface area contributed by atoms with Crippen LogP contribution in [0.1, 0.15) is 20.8 Å². The Labute approximate surface area is 143 Å². The first-order chi connectivity index (χ1) is 10.9. The summed E-state index contributed by atoms with van der Waals surface area (Å²) in [7, 11) is -1.97. The van der Waals surface area contributed by atoms with Gasteiger partial charge in [-0.1, -0.05) is 0 Å². The number of esters is 1. The molecule has 1 rings (SSSR count). The SMILES string of the molecule is COC(=O)[C@H](CNC(=O)OC(C)(C)C)N1CCN(S(C)(=O)=O)CC1. The summed E-state index contributed by atoms with van der Waals surface area (Å²) in [6.45, 7) is 6.60. The molecule has 0 bridgehead atoms. The second-order valence-electron chi connectivity index (χ2n) is 6.62. The normalized spacial score (nSPS) is 18.7. The molecule has 24 heavy (non-hydrogen) atoms. The molecule has 0 unspecified atom stereocenters. The van der Waals surface area contributed by atoms with E-state index in [-0.39, 0.29) is 6.54 Å². The largest absolute Gasteiger partial charge is 0.468 e. The Kier molecular flexibility index (Phi) is 6.99. The summed E-state index contributed by atoms with van der Waals surface area (Å²) in [6, 6.07) is -0.691. The van der Waals surface area contributed by atoms with Crippen molar-refractivity contribution in [1.29, 1.82) is 0 Å². The summed E-state index contributed by atoms with van der Waals surface area (Å²) in [5.41, 5.74) is -0.633. The average Bonchev–Trinajstić information content (AvgIpc) is 2.44. The van der Waals surface area contributed by atoms with Crippen molar-refractivity contribution >= 4 is 22.1 Å². The quantitative estimate of drug-likeness (QED) is 0.663. The summed E-state index contributed by atoms with van der Waals surface area (Å²) in [4.78, 5) is 25.5. The van der Waals surface area contributed by atoms with Crippen LogP contribution in [-0.2, 0) is 24.3 Å². The lowest BCUT2D eigenvalue weighted by Crippen LogP contribution is -2.57. The van der Waals surface area contributed by atoms with E-state index in [1.807, 2.05) is 0 Å². The van der Waals surface area contributed by atoms with Gasteiger partial charge >= 0.3 is 12.1 Å². The Morgan fingerprint density at radius 2 is 1.71 bits per heavy atom. The van der Waals surface area contributed by atoms with Gasteiger partial charge in [0.25, 0.3) is 0 Å². The number of alkyl carbamates (subject to hydrolysis) is 1. The van der Waals surface area contributed by atoms with E-state index in [0.29, 0.717) is 26.2 Å². The molecule has 0 aromatic carbocycles. The van der Waals surface area contributed by atoms with Gasteiger partial charge in [-0.2, -0.15) is 4.31 Å². The zero-order chi connectivity index (χ0) is 18.5. The lowest BCUT2D eigenvalue weighted by molar-refractivity contribution is -0.147. The van der Waals surface area contributed by atoms with E-state index in [0.717, 1.165) is 6.26 Å². The lowest BCUT2D eigenvalue weighted by Gasteiger charge is -2.37. The first kappa shape index (κ1) is 20.7. The minimum absolute atomic E-state index is 0.0282. The maximum atomic E-state index is 12.0. The van der Waals surface area contributed by atoms with Crippen LogP contribution in [0.4, 0.5) is 4.79 Å². The molecule has 10 heteroatoms. The van der Waals surface area contributed by atoms with Gasteiger partial charge in [-0.25, -0.2) is 13.2 Å². The number of nitrogens with one attached hydrogen (secondary N) is 1. The molecule has 1 heterocycles. The first-order valence-electron chi connectivity index (χ1n) is 7.68. The molecule has 0 aromatic heterocycles. The molecule has 1 aliphatic heterocycles. The predicted molar refractivity (Wildman–Crippen MR) is 88.0 cm³/mol. The molecule has 1 saturated heterocycles. The van der Waals surface area contributed by atoms with Crippen molar-refractivity contribution < 1.29 is 27.5 Å². The number of amides is 1. The third kappa shape index (κ3) is 6.62. The molecule has 1 amide bonds. The van der Waals surface area contributed by atoms with Crippen molar-refractivity contribution in [1.82, 2.24) is 14.5 Å². The molecule has 9 nitrogen and oxygen atoms in total. The maximum Gasteiger partial charge on any atom is 0.407 e. The number of nitrogens with zero attached hydrogens (tertiary/aromatic N) is 2. The third-order valence-electron chi connectivity index (χ3n) is 3.49. The highest BCUT2D eigenvalue weighted by Gasteiger charge is 2.32. The Bertz CT molecular complexity index is 549. The Balaban J connectivity index is 2.64. The second-order valence-corrected chi connectivity index (χ2v) is 8.60. The average molecular weight is 365 g/mol. The summed E-state index contributed by atoms with van der Waals surface area (Å²) in [5.74, 6) is -0.487. The fourth-order valence-corrected chi connectivity index (χ4v) is 3.17. The van der Waals surface area contributed by atoms with Gasteiger partial charge in [0.15, 0.2) is 0 Å². The molecule has 0 radical (unpaired) electrons. The van der Waals surface area contributed by atoms with Crippen molar-refractivity contribution in [2.24, 2.45) is 0 Å². The molecule has 1 atom stereocenters. The van der Waals surface area contributed by atoms with Crippen molar-refractivity contribution in [3.8, 4) is 0 Å². The number of sulfonamides is 1. The van der Waals surface area contributed by atoms with Crippen molar-refractivity contribution in [2.75, 3.05) is 46.1 Å². The van der Waals surface area contributed by atoms with E-state index in [1.54, 1.807) is 25.7 Å². The molecule has 1 aliphatic rings.